The summed E-state index contributed by atoms with van der Waals surface area (Å²) in [4.78, 5) is -1.08. The highest BCUT2D eigenvalue weighted by atomic mass is 35.5. The van der Waals surface area contributed by atoms with Gasteiger partial charge in [0.15, 0.2) is 0 Å². The molecule has 1 saturated heterocycles. The molecule has 5 heteroatoms. The van der Waals surface area contributed by atoms with Crippen molar-refractivity contribution in [2.45, 2.75) is 68.5 Å². The summed E-state index contributed by atoms with van der Waals surface area (Å²) >= 11 is 6.53. The molecule has 1 saturated carbocycles. The Labute approximate surface area is 130 Å². The van der Waals surface area contributed by atoms with Gasteiger partial charge in [0.1, 0.15) is 17.1 Å². The minimum absolute atomic E-state index is 0.290. The smallest absolute Gasteiger partial charge is 0.110 e. The molecule has 1 aliphatic carbocycles. The molecule has 0 bridgehead atoms. The Bertz CT molecular complexity index is 501. The maximum Gasteiger partial charge on any atom is 0.110 e. The summed E-state index contributed by atoms with van der Waals surface area (Å²) in [6.45, 7) is 8.86. The summed E-state index contributed by atoms with van der Waals surface area (Å²) in [5.41, 5.74) is 3.26. The van der Waals surface area contributed by atoms with Crippen molar-refractivity contribution in [1.82, 2.24) is 0 Å². The molecule has 1 aliphatic heterocycles. The van der Waals surface area contributed by atoms with Crippen molar-refractivity contribution >= 4 is 11.6 Å². The second kappa shape index (κ2) is 5.54. The maximum absolute atomic E-state index is 10.4. The van der Waals surface area contributed by atoms with Crippen LogP contribution in [0.1, 0.15) is 33.6 Å². The molecule has 2 fully saturated rings. The van der Waals surface area contributed by atoms with Gasteiger partial charge >= 0.3 is 0 Å². The Balaban J connectivity index is 2.32. The minimum atomic E-state index is -1.16. The molecule has 2 aliphatic rings. The minimum Gasteiger partial charge on any atom is -0.388 e. The summed E-state index contributed by atoms with van der Waals surface area (Å²) < 4.78 is 5.84. The van der Waals surface area contributed by atoms with Crippen molar-refractivity contribution in [2.75, 3.05) is 0 Å². The van der Waals surface area contributed by atoms with Gasteiger partial charge in [-0.15, -0.1) is 17.3 Å². The van der Waals surface area contributed by atoms with Crippen LogP contribution in [0.5, 0.6) is 0 Å². The van der Waals surface area contributed by atoms with E-state index >= 15 is 0 Å². The molecule has 118 valence electrons. The normalized spacial score (nSPS) is 39.7. The molecule has 0 spiro atoms. The number of ether oxygens (including phenoxy) is 1. The fourth-order valence-electron chi connectivity index (χ4n) is 2.85. The SMILES string of the molecule is C=C(C)C=C=C1CC2OC(C(C)(C)O)CC2(Cl)C(O)C1O. The first kappa shape index (κ1) is 16.8. The van der Waals surface area contributed by atoms with Crippen LogP contribution in [0, 0.1) is 0 Å². The van der Waals surface area contributed by atoms with Crippen LogP contribution in [-0.2, 0) is 4.74 Å². The lowest BCUT2D eigenvalue weighted by atomic mass is 9.77. The number of allylic oxidation sites excluding steroid dienone is 1. The number of fused-ring (bicyclic) bond motifs is 1. The molecule has 4 nitrogen and oxygen atoms in total. The molecule has 0 aromatic heterocycles. The van der Waals surface area contributed by atoms with E-state index in [-0.39, 0.29) is 0 Å². The molecule has 0 radical (unpaired) electrons. The number of alkyl halides is 1. The molecule has 0 amide bonds. The van der Waals surface area contributed by atoms with Crippen molar-refractivity contribution in [3.05, 3.63) is 29.5 Å². The van der Waals surface area contributed by atoms with Crippen LogP contribution < -0.4 is 0 Å². The number of halogens is 1. The summed E-state index contributed by atoms with van der Waals surface area (Å²) in [6, 6.07) is 0. The van der Waals surface area contributed by atoms with E-state index in [0.29, 0.717) is 18.4 Å². The zero-order valence-electron chi connectivity index (χ0n) is 12.6. The molecular formula is C16H23ClO4. The molecule has 5 unspecified atom stereocenters. The highest BCUT2D eigenvalue weighted by Crippen LogP contribution is 2.49. The molecule has 21 heavy (non-hydrogen) atoms. The molecule has 2 rings (SSSR count). The van der Waals surface area contributed by atoms with Crippen molar-refractivity contribution < 1.29 is 20.1 Å². The van der Waals surface area contributed by atoms with Gasteiger partial charge in [-0.25, -0.2) is 0 Å². The van der Waals surface area contributed by atoms with E-state index in [9.17, 15) is 15.3 Å². The van der Waals surface area contributed by atoms with Crippen LogP contribution in [0.2, 0.25) is 0 Å². The zero-order valence-corrected chi connectivity index (χ0v) is 13.4. The molecule has 3 N–H and O–H groups in total. The van der Waals surface area contributed by atoms with Crippen molar-refractivity contribution in [3.63, 3.8) is 0 Å². The van der Waals surface area contributed by atoms with E-state index in [1.807, 2.05) is 6.92 Å². The lowest BCUT2D eigenvalue weighted by molar-refractivity contribution is -0.0940. The first-order chi connectivity index (χ1) is 9.55. The van der Waals surface area contributed by atoms with Crippen LogP contribution in [0.15, 0.2) is 29.5 Å². The zero-order chi connectivity index (χ0) is 16.0. The van der Waals surface area contributed by atoms with Gasteiger partial charge in [-0.1, -0.05) is 12.2 Å². The number of aliphatic hydroxyl groups is 3. The van der Waals surface area contributed by atoms with E-state index in [2.05, 4.69) is 12.3 Å². The van der Waals surface area contributed by atoms with Gasteiger partial charge in [0, 0.05) is 18.4 Å². The first-order valence-corrected chi connectivity index (χ1v) is 7.47. The average Bonchev–Trinajstić information content (AvgIpc) is 2.70. The van der Waals surface area contributed by atoms with Gasteiger partial charge in [-0.3, -0.25) is 0 Å². The van der Waals surface area contributed by atoms with Crippen molar-refractivity contribution in [1.29, 1.82) is 0 Å². The quantitative estimate of drug-likeness (QED) is 0.412. The number of aliphatic hydroxyl groups excluding tert-OH is 2. The molecule has 0 aromatic rings. The van der Waals surface area contributed by atoms with E-state index in [1.54, 1.807) is 19.9 Å². The fourth-order valence-corrected chi connectivity index (χ4v) is 3.24. The Morgan fingerprint density at radius 3 is 2.67 bits per heavy atom. The van der Waals surface area contributed by atoms with E-state index in [0.717, 1.165) is 5.57 Å². The number of hydrogen-bond acceptors (Lipinski definition) is 4. The second-order valence-corrected chi connectivity index (χ2v) is 7.36. The Kier molecular flexibility index (Phi) is 4.42. The van der Waals surface area contributed by atoms with Gasteiger partial charge in [0.2, 0.25) is 0 Å². The lowest BCUT2D eigenvalue weighted by Crippen LogP contribution is -2.55. The highest BCUT2D eigenvalue weighted by Gasteiger charge is 2.59. The van der Waals surface area contributed by atoms with Gasteiger partial charge in [-0.05, 0) is 26.8 Å². The van der Waals surface area contributed by atoms with Crippen molar-refractivity contribution in [3.8, 4) is 0 Å². The fraction of sp³-hybridized carbons (Fsp3) is 0.688. The molecule has 1 heterocycles. The van der Waals surface area contributed by atoms with Gasteiger partial charge in [-0.2, -0.15) is 0 Å². The Morgan fingerprint density at radius 1 is 1.52 bits per heavy atom. The van der Waals surface area contributed by atoms with Crippen LogP contribution in [0.4, 0.5) is 0 Å². The summed E-state index contributed by atoms with van der Waals surface area (Å²) in [5.74, 6) is 0. The van der Waals surface area contributed by atoms with Crippen LogP contribution in [-0.4, -0.2) is 50.2 Å². The largest absolute Gasteiger partial charge is 0.388 e. The summed E-state index contributed by atoms with van der Waals surface area (Å²) in [7, 11) is 0. The predicted molar refractivity (Wildman–Crippen MR) is 81.2 cm³/mol. The Morgan fingerprint density at radius 2 is 2.14 bits per heavy atom. The average molecular weight is 315 g/mol. The van der Waals surface area contributed by atoms with Gasteiger partial charge in [0.05, 0.1) is 17.8 Å². The van der Waals surface area contributed by atoms with Gasteiger partial charge < -0.3 is 20.1 Å². The lowest BCUT2D eigenvalue weighted by Gasteiger charge is -2.40. The highest BCUT2D eigenvalue weighted by molar-refractivity contribution is 6.25. The number of rotatable bonds is 2. The predicted octanol–water partition coefficient (Wildman–Crippen LogP) is 1.68. The monoisotopic (exact) mass is 314 g/mol. The second-order valence-electron chi connectivity index (χ2n) is 6.65. The van der Waals surface area contributed by atoms with Gasteiger partial charge in [0.25, 0.3) is 0 Å². The van der Waals surface area contributed by atoms with E-state index < -0.39 is 34.9 Å². The van der Waals surface area contributed by atoms with E-state index in [1.165, 1.54) is 0 Å². The third-order valence-electron chi connectivity index (χ3n) is 4.21. The first-order valence-electron chi connectivity index (χ1n) is 7.09. The van der Waals surface area contributed by atoms with Crippen LogP contribution in [0.3, 0.4) is 0 Å². The third-order valence-corrected chi connectivity index (χ3v) is 4.83. The van der Waals surface area contributed by atoms with Crippen LogP contribution in [0.25, 0.3) is 0 Å². The summed E-state index contributed by atoms with van der Waals surface area (Å²) in [5, 5.41) is 30.7. The summed E-state index contributed by atoms with van der Waals surface area (Å²) in [6.07, 6.45) is -0.864. The molecular weight excluding hydrogens is 292 g/mol. The molecule has 5 atom stereocenters. The standard InChI is InChI=1S/C16H23ClO4/c1-9(2)5-6-10-7-11-16(17,14(19)13(10)18)8-12(21-11)15(3,4)20/h5,11-14,18-20H,1,7-8H2,2-4H3. The maximum atomic E-state index is 10.4. The van der Waals surface area contributed by atoms with E-state index in [4.69, 9.17) is 16.3 Å². The van der Waals surface area contributed by atoms with Crippen LogP contribution >= 0.6 is 11.6 Å². The number of hydrogen-bond donors (Lipinski definition) is 3. The Hall–Kier alpha value is -0.610. The topological polar surface area (TPSA) is 69.9 Å². The third kappa shape index (κ3) is 3.11. The van der Waals surface area contributed by atoms with Crippen molar-refractivity contribution in [2.24, 2.45) is 0 Å². The molecule has 0 aromatic carbocycles.